The summed E-state index contributed by atoms with van der Waals surface area (Å²) in [6.45, 7) is 8.86. The molecule has 0 aliphatic carbocycles. The number of morpholine rings is 1. The van der Waals surface area contributed by atoms with Gasteiger partial charge < -0.3 is 14.8 Å². The lowest BCUT2D eigenvalue weighted by atomic mass is 10.2. The largest absolute Gasteiger partial charge is 0.383 e. The van der Waals surface area contributed by atoms with Crippen molar-refractivity contribution in [2.75, 3.05) is 53.1 Å². The molecule has 4 heteroatoms. The molecule has 1 aliphatic rings. The molecule has 1 saturated heterocycles. The minimum atomic E-state index is 0.491. The Kier molecular flexibility index (Phi) is 6.92. The van der Waals surface area contributed by atoms with Crippen LogP contribution in [0.3, 0.4) is 0 Å². The number of ether oxygens (including phenoxy) is 2. The summed E-state index contributed by atoms with van der Waals surface area (Å²) in [5.74, 6) is 0. The number of nitrogens with zero attached hydrogens (tertiary/aromatic N) is 1. The quantitative estimate of drug-likeness (QED) is 0.622. The maximum absolute atomic E-state index is 5.35. The molecule has 1 rings (SSSR count). The second-order valence-corrected chi connectivity index (χ2v) is 3.96. The van der Waals surface area contributed by atoms with Crippen molar-refractivity contribution >= 4 is 0 Å². The lowest BCUT2D eigenvalue weighted by Crippen LogP contribution is -2.50. The van der Waals surface area contributed by atoms with Crippen LogP contribution in [0, 0.1) is 0 Å². The average Bonchev–Trinajstić information content (AvgIpc) is 2.29. The first-order chi connectivity index (χ1) is 7.38. The van der Waals surface area contributed by atoms with Crippen molar-refractivity contribution < 1.29 is 9.47 Å². The summed E-state index contributed by atoms with van der Waals surface area (Å²) >= 11 is 0. The maximum Gasteiger partial charge on any atom is 0.0630 e. The SMILES string of the molecule is CCCNCC(COC)N1CCOCC1. The molecule has 1 atom stereocenters. The Balaban J connectivity index is 2.26. The van der Waals surface area contributed by atoms with Gasteiger partial charge in [-0.3, -0.25) is 4.90 Å². The summed E-state index contributed by atoms with van der Waals surface area (Å²) in [7, 11) is 1.77. The molecule has 1 N–H and O–H groups in total. The zero-order chi connectivity index (χ0) is 10.9. The Morgan fingerprint density at radius 3 is 2.73 bits per heavy atom. The molecule has 1 fully saturated rings. The van der Waals surface area contributed by atoms with E-state index in [-0.39, 0.29) is 0 Å². The van der Waals surface area contributed by atoms with Crippen LogP contribution in [0.4, 0.5) is 0 Å². The summed E-state index contributed by atoms with van der Waals surface area (Å²) in [6, 6.07) is 0.491. The van der Waals surface area contributed by atoms with Gasteiger partial charge in [0.15, 0.2) is 0 Å². The van der Waals surface area contributed by atoms with Gasteiger partial charge in [0.05, 0.1) is 19.8 Å². The van der Waals surface area contributed by atoms with Crippen LogP contribution in [0.5, 0.6) is 0 Å². The van der Waals surface area contributed by atoms with Crippen molar-refractivity contribution in [2.45, 2.75) is 19.4 Å². The first-order valence-electron chi connectivity index (χ1n) is 5.90. The second-order valence-electron chi connectivity index (χ2n) is 3.96. The zero-order valence-corrected chi connectivity index (χ0v) is 10.00. The molecular weight excluding hydrogens is 192 g/mol. The Hall–Kier alpha value is -0.160. The van der Waals surface area contributed by atoms with Crippen LogP contribution in [0.15, 0.2) is 0 Å². The average molecular weight is 216 g/mol. The molecule has 0 radical (unpaired) electrons. The number of methoxy groups -OCH3 is 1. The third-order valence-electron chi connectivity index (χ3n) is 2.73. The van der Waals surface area contributed by atoms with Crippen LogP contribution in [0.1, 0.15) is 13.3 Å². The van der Waals surface area contributed by atoms with Gasteiger partial charge in [-0.1, -0.05) is 6.92 Å². The van der Waals surface area contributed by atoms with Gasteiger partial charge in [-0.25, -0.2) is 0 Å². The van der Waals surface area contributed by atoms with E-state index in [1.807, 2.05) is 0 Å². The van der Waals surface area contributed by atoms with E-state index < -0.39 is 0 Å². The smallest absolute Gasteiger partial charge is 0.0630 e. The van der Waals surface area contributed by atoms with E-state index in [2.05, 4.69) is 17.1 Å². The fraction of sp³-hybridized carbons (Fsp3) is 1.00. The van der Waals surface area contributed by atoms with E-state index in [0.29, 0.717) is 6.04 Å². The van der Waals surface area contributed by atoms with Gasteiger partial charge in [0.25, 0.3) is 0 Å². The van der Waals surface area contributed by atoms with E-state index in [0.717, 1.165) is 46.0 Å². The minimum absolute atomic E-state index is 0.491. The van der Waals surface area contributed by atoms with Crippen LogP contribution >= 0.6 is 0 Å². The second kappa shape index (κ2) is 8.05. The third-order valence-corrected chi connectivity index (χ3v) is 2.73. The van der Waals surface area contributed by atoms with Gasteiger partial charge in [-0.2, -0.15) is 0 Å². The highest BCUT2D eigenvalue weighted by Gasteiger charge is 2.20. The highest BCUT2D eigenvalue weighted by Crippen LogP contribution is 2.03. The predicted octanol–water partition coefficient (Wildman–Crippen LogP) is 0.333. The summed E-state index contributed by atoms with van der Waals surface area (Å²) in [5, 5.41) is 3.45. The first-order valence-corrected chi connectivity index (χ1v) is 5.90. The Bertz CT molecular complexity index is 150. The molecule has 0 aromatic heterocycles. The number of hydrogen-bond acceptors (Lipinski definition) is 4. The third kappa shape index (κ3) is 4.93. The van der Waals surface area contributed by atoms with Crippen molar-refractivity contribution in [3.05, 3.63) is 0 Å². The number of hydrogen-bond donors (Lipinski definition) is 1. The Morgan fingerprint density at radius 2 is 2.13 bits per heavy atom. The fourth-order valence-corrected chi connectivity index (χ4v) is 1.87. The van der Waals surface area contributed by atoms with Gasteiger partial charge >= 0.3 is 0 Å². The van der Waals surface area contributed by atoms with Crippen molar-refractivity contribution in [3.63, 3.8) is 0 Å². The summed E-state index contributed by atoms with van der Waals surface area (Å²) in [5.41, 5.74) is 0. The van der Waals surface area contributed by atoms with E-state index >= 15 is 0 Å². The normalized spacial score (nSPS) is 20.4. The number of rotatable bonds is 7. The van der Waals surface area contributed by atoms with Gasteiger partial charge in [0.1, 0.15) is 0 Å². The molecule has 1 heterocycles. The molecular formula is C11H24N2O2. The van der Waals surface area contributed by atoms with Crippen LogP contribution in [0.25, 0.3) is 0 Å². The van der Waals surface area contributed by atoms with Crippen LogP contribution in [0.2, 0.25) is 0 Å². The van der Waals surface area contributed by atoms with Crippen molar-refractivity contribution in [2.24, 2.45) is 0 Å². The summed E-state index contributed by atoms with van der Waals surface area (Å²) < 4.78 is 10.6. The van der Waals surface area contributed by atoms with Gasteiger partial charge in [0.2, 0.25) is 0 Å². The highest BCUT2D eigenvalue weighted by atomic mass is 16.5. The minimum Gasteiger partial charge on any atom is -0.383 e. The fourth-order valence-electron chi connectivity index (χ4n) is 1.87. The summed E-state index contributed by atoms with van der Waals surface area (Å²) in [4.78, 5) is 2.45. The molecule has 0 amide bonds. The molecule has 0 bridgehead atoms. The molecule has 0 saturated carbocycles. The van der Waals surface area contributed by atoms with Crippen LogP contribution in [-0.4, -0.2) is 64.1 Å². The van der Waals surface area contributed by atoms with E-state index in [1.165, 1.54) is 6.42 Å². The van der Waals surface area contributed by atoms with Crippen molar-refractivity contribution in [1.29, 1.82) is 0 Å². The van der Waals surface area contributed by atoms with Gasteiger partial charge in [0, 0.05) is 32.8 Å². The molecule has 90 valence electrons. The Morgan fingerprint density at radius 1 is 1.40 bits per heavy atom. The lowest BCUT2D eigenvalue weighted by molar-refractivity contribution is -0.00267. The van der Waals surface area contributed by atoms with E-state index in [9.17, 15) is 0 Å². The molecule has 1 unspecified atom stereocenters. The topological polar surface area (TPSA) is 33.7 Å². The van der Waals surface area contributed by atoms with E-state index in [4.69, 9.17) is 9.47 Å². The van der Waals surface area contributed by atoms with Crippen LogP contribution < -0.4 is 5.32 Å². The monoisotopic (exact) mass is 216 g/mol. The zero-order valence-electron chi connectivity index (χ0n) is 10.00. The van der Waals surface area contributed by atoms with Crippen LogP contribution in [-0.2, 0) is 9.47 Å². The highest BCUT2D eigenvalue weighted by molar-refractivity contribution is 4.75. The van der Waals surface area contributed by atoms with Gasteiger partial charge in [-0.05, 0) is 13.0 Å². The molecule has 0 spiro atoms. The predicted molar refractivity (Wildman–Crippen MR) is 61.2 cm³/mol. The lowest BCUT2D eigenvalue weighted by Gasteiger charge is -2.34. The molecule has 4 nitrogen and oxygen atoms in total. The maximum atomic E-state index is 5.35. The standard InChI is InChI=1S/C11H24N2O2/c1-3-4-12-9-11(10-14-2)13-5-7-15-8-6-13/h11-12H,3-10H2,1-2H3. The van der Waals surface area contributed by atoms with Gasteiger partial charge in [-0.15, -0.1) is 0 Å². The van der Waals surface area contributed by atoms with Crippen molar-refractivity contribution in [3.8, 4) is 0 Å². The Labute approximate surface area is 92.9 Å². The molecule has 15 heavy (non-hydrogen) atoms. The first kappa shape index (κ1) is 12.9. The van der Waals surface area contributed by atoms with E-state index in [1.54, 1.807) is 7.11 Å². The van der Waals surface area contributed by atoms with Crippen molar-refractivity contribution in [1.82, 2.24) is 10.2 Å². The molecule has 1 aliphatic heterocycles. The molecule has 0 aromatic carbocycles. The summed E-state index contributed by atoms with van der Waals surface area (Å²) in [6.07, 6.45) is 1.18. The molecule has 0 aromatic rings. The number of nitrogens with one attached hydrogen (secondary N) is 1.